The summed E-state index contributed by atoms with van der Waals surface area (Å²) in [4.78, 5) is 7.62. The van der Waals surface area contributed by atoms with Gasteiger partial charge in [0, 0.05) is 28.9 Å². The number of pyridine rings is 1. The zero-order valence-corrected chi connectivity index (χ0v) is 19.0. The first-order valence-electron chi connectivity index (χ1n) is 10.7. The van der Waals surface area contributed by atoms with E-state index in [4.69, 9.17) is 14.2 Å². The second kappa shape index (κ2) is 9.11. The van der Waals surface area contributed by atoms with Gasteiger partial charge in [-0.3, -0.25) is 4.98 Å². The van der Waals surface area contributed by atoms with E-state index in [1.165, 1.54) is 5.56 Å². The molecule has 0 saturated heterocycles. The molecule has 0 aliphatic rings. The van der Waals surface area contributed by atoms with E-state index in [2.05, 4.69) is 25.5 Å². The Morgan fingerprint density at radius 1 is 0.824 bits per heavy atom. The molecule has 2 N–H and O–H groups in total. The van der Waals surface area contributed by atoms with E-state index >= 15 is 0 Å². The van der Waals surface area contributed by atoms with Gasteiger partial charge in [0.1, 0.15) is 11.5 Å². The number of hydrogen-bond donors (Lipinski definition) is 2. The maximum Gasteiger partial charge on any atom is 0.226 e. The number of ether oxygens (including phenoxy) is 3. The van der Waals surface area contributed by atoms with Crippen LogP contribution in [0.5, 0.6) is 23.0 Å². The third-order valence-corrected chi connectivity index (χ3v) is 5.33. The number of benzene rings is 3. The van der Waals surface area contributed by atoms with Crippen molar-refractivity contribution in [1.82, 2.24) is 20.2 Å². The number of hydrogen-bond acceptors (Lipinski definition) is 7. The molecule has 0 bridgehead atoms. The van der Waals surface area contributed by atoms with Crippen molar-refractivity contribution < 1.29 is 14.2 Å². The first kappa shape index (κ1) is 21.3. The third-order valence-electron chi connectivity index (χ3n) is 5.33. The van der Waals surface area contributed by atoms with Gasteiger partial charge in [-0.2, -0.15) is 0 Å². The molecule has 8 nitrogen and oxygen atoms in total. The number of nitrogens with zero attached hydrogens (tertiary/aromatic N) is 3. The first-order valence-corrected chi connectivity index (χ1v) is 10.7. The van der Waals surface area contributed by atoms with Gasteiger partial charge in [-0.15, -0.1) is 10.2 Å². The van der Waals surface area contributed by atoms with Crippen LogP contribution in [-0.4, -0.2) is 34.4 Å². The van der Waals surface area contributed by atoms with E-state index in [-0.39, 0.29) is 0 Å². The van der Waals surface area contributed by atoms with Crippen molar-refractivity contribution in [1.29, 1.82) is 0 Å². The Hall–Kier alpha value is -4.59. The molecule has 0 aliphatic carbocycles. The summed E-state index contributed by atoms with van der Waals surface area (Å²) in [5.41, 5.74) is 3.76. The van der Waals surface area contributed by atoms with Crippen molar-refractivity contribution in [3.05, 3.63) is 78.5 Å². The molecule has 5 aromatic rings. The molecule has 0 atom stereocenters. The molecule has 5 rings (SSSR count). The summed E-state index contributed by atoms with van der Waals surface area (Å²) in [7, 11) is 3.20. The zero-order chi connectivity index (χ0) is 23.5. The van der Waals surface area contributed by atoms with Crippen molar-refractivity contribution in [3.63, 3.8) is 0 Å². The molecular weight excluding hydrogens is 430 g/mol. The molecule has 0 aliphatic heterocycles. The van der Waals surface area contributed by atoms with Crippen LogP contribution in [0.15, 0.2) is 72.9 Å². The molecule has 0 unspecified atom stereocenters. The zero-order valence-electron chi connectivity index (χ0n) is 19.0. The number of methoxy groups -OCH3 is 2. The lowest BCUT2D eigenvalue weighted by molar-refractivity contribution is 0.355. The topological polar surface area (TPSA) is 94.2 Å². The SMILES string of the molecule is COc1cc2nccc(Oc3ccc(-c4nnc(Nc5cccc(C)c5)[nH]4)cc3)c2cc1OC. The second-order valence-corrected chi connectivity index (χ2v) is 7.68. The van der Waals surface area contributed by atoms with Gasteiger partial charge in [0.05, 0.1) is 19.7 Å². The molecule has 0 saturated carbocycles. The number of fused-ring (bicyclic) bond motifs is 1. The Bertz CT molecular complexity index is 1450. The van der Waals surface area contributed by atoms with Gasteiger partial charge in [0.25, 0.3) is 0 Å². The quantitative estimate of drug-likeness (QED) is 0.318. The van der Waals surface area contributed by atoms with Gasteiger partial charge < -0.3 is 24.5 Å². The summed E-state index contributed by atoms with van der Waals surface area (Å²) in [5, 5.41) is 12.5. The number of anilines is 2. The van der Waals surface area contributed by atoms with E-state index in [1.54, 1.807) is 20.4 Å². The van der Waals surface area contributed by atoms with Crippen LogP contribution in [0.3, 0.4) is 0 Å². The molecule has 170 valence electrons. The summed E-state index contributed by atoms with van der Waals surface area (Å²) < 4.78 is 17.0. The van der Waals surface area contributed by atoms with Gasteiger partial charge in [-0.05, 0) is 61.0 Å². The van der Waals surface area contributed by atoms with Crippen LogP contribution < -0.4 is 19.5 Å². The predicted octanol–water partition coefficient (Wildman–Crippen LogP) is 5.88. The van der Waals surface area contributed by atoms with Gasteiger partial charge in [-0.1, -0.05) is 12.1 Å². The Balaban J connectivity index is 1.35. The monoisotopic (exact) mass is 453 g/mol. The minimum absolute atomic E-state index is 0.577. The van der Waals surface area contributed by atoms with Crippen LogP contribution in [0.25, 0.3) is 22.3 Å². The number of rotatable bonds is 7. The highest BCUT2D eigenvalue weighted by molar-refractivity contribution is 5.88. The minimum Gasteiger partial charge on any atom is -0.493 e. The number of aromatic nitrogens is 4. The Morgan fingerprint density at radius 3 is 2.38 bits per heavy atom. The second-order valence-electron chi connectivity index (χ2n) is 7.68. The summed E-state index contributed by atoms with van der Waals surface area (Å²) >= 11 is 0. The lowest BCUT2D eigenvalue weighted by Gasteiger charge is -2.12. The number of aryl methyl sites for hydroxylation is 1. The van der Waals surface area contributed by atoms with Crippen molar-refractivity contribution in [3.8, 4) is 34.4 Å². The highest BCUT2D eigenvalue weighted by Crippen LogP contribution is 2.37. The van der Waals surface area contributed by atoms with Crippen molar-refractivity contribution in [2.75, 3.05) is 19.5 Å². The number of H-pyrrole nitrogens is 1. The molecule has 0 amide bonds. The standard InChI is InChI=1S/C26H23N5O3/c1-16-5-4-6-18(13-16)28-26-29-25(30-31-26)17-7-9-19(10-8-17)34-22-11-12-27-21-15-24(33-3)23(32-2)14-20(21)22/h4-15H,1-3H3,(H2,28,29,30,31). The fourth-order valence-corrected chi connectivity index (χ4v) is 3.65. The summed E-state index contributed by atoms with van der Waals surface area (Å²) in [5.74, 6) is 3.82. The fraction of sp³-hybridized carbons (Fsp3) is 0.115. The normalized spacial score (nSPS) is 10.8. The van der Waals surface area contributed by atoms with E-state index in [9.17, 15) is 0 Å². The maximum atomic E-state index is 6.16. The van der Waals surface area contributed by atoms with Crippen LogP contribution in [0.4, 0.5) is 11.6 Å². The number of aromatic amines is 1. The lowest BCUT2D eigenvalue weighted by atomic mass is 10.1. The fourth-order valence-electron chi connectivity index (χ4n) is 3.65. The van der Waals surface area contributed by atoms with E-state index in [1.807, 2.05) is 73.7 Å². The van der Waals surface area contributed by atoms with Gasteiger partial charge >= 0.3 is 0 Å². The van der Waals surface area contributed by atoms with Gasteiger partial charge in [0.15, 0.2) is 17.3 Å². The average Bonchev–Trinajstić information content (AvgIpc) is 3.32. The largest absolute Gasteiger partial charge is 0.493 e. The van der Waals surface area contributed by atoms with Crippen LogP contribution in [0.2, 0.25) is 0 Å². The summed E-state index contributed by atoms with van der Waals surface area (Å²) in [6.07, 6.45) is 1.70. The maximum absolute atomic E-state index is 6.16. The van der Waals surface area contributed by atoms with Crippen molar-refractivity contribution in [2.24, 2.45) is 0 Å². The molecule has 3 aromatic carbocycles. The Kier molecular flexibility index (Phi) is 5.70. The summed E-state index contributed by atoms with van der Waals surface area (Å²) in [6, 6.07) is 21.2. The highest BCUT2D eigenvalue weighted by atomic mass is 16.5. The van der Waals surface area contributed by atoms with Crippen molar-refractivity contribution in [2.45, 2.75) is 6.92 Å². The third kappa shape index (κ3) is 4.33. The molecular formula is C26H23N5O3. The molecule has 0 spiro atoms. The molecule has 0 fully saturated rings. The molecule has 2 aromatic heterocycles. The molecule has 34 heavy (non-hydrogen) atoms. The Labute approximate surface area is 196 Å². The van der Waals surface area contributed by atoms with Crippen LogP contribution >= 0.6 is 0 Å². The minimum atomic E-state index is 0.577. The van der Waals surface area contributed by atoms with Crippen molar-refractivity contribution >= 4 is 22.5 Å². The summed E-state index contributed by atoms with van der Waals surface area (Å²) in [6.45, 7) is 2.04. The van der Waals surface area contributed by atoms with E-state index < -0.39 is 0 Å². The van der Waals surface area contributed by atoms with Crippen LogP contribution in [-0.2, 0) is 0 Å². The van der Waals surface area contributed by atoms with E-state index in [0.29, 0.717) is 34.8 Å². The number of nitrogens with one attached hydrogen (secondary N) is 2. The Morgan fingerprint density at radius 2 is 1.62 bits per heavy atom. The molecule has 8 heteroatoms. The van der Waals surface area contributed by atoms with Crippen LogP contribution in [0.1, 0.15) is 5.56 Å². The highest BCUT2D eigenvalue weighted by Gasteiger charge is 2.12. The lowest BCUT2D eigenvalue weighted by Crippen LogP contribution is -1.93. The predicted molar refractivity (Wildman–Crippen MR) is 131 cm³/mol. The molecule has 0 radical (unpaired) electrons. The van der Waals surface area contributed by atoms with Gasteiger partial charge in [-0.25, -0.2) is 0 Å². The van der Waals surface area contributed by atoms with Gasteiger partial charge in [0.2, 0.25) is 5.95 Å². The average molecular weight is 454 g/mol. The smallest absolute Gasteiger partial charge is 0.226 e. The molecule has 2 heterocycles. The van der Waals surface area contributed by atoms with E-state index in [0.717, 1.165) is 22.2 Å². The van der Waals surface area contributed by atoms with Crippen LogP contribution in [0, 0.1) is 6.92 Å². The first-order chi connectivity index (χ1) is 16.6.